The SMILES string of the molecule is CN=C(Nc1ccc(Cl)c(Cl)c1)S[C@@H]1CC(=O)N(c2cccc(OC)c2)C1=O. The van der Waals surface area contributed by atoms with E-state index < -0.39 is 5.25 Å². The predicted molar refractivity (Wildman–Crippen MR) is 115 cm³/mol. The molecule has 2 aromatic carbocycles. The summed E-state index contributed by atoms with van der Waals surface area (Å²) in [7, 11) is 3.14. The van der Waals surface area contributed by atoms with Gasteiger partial charge in [-0.1, -0.05) is 41.0 Å². The van der Waals surface area contributed by atoms with Crippen molar-refractivity contribution in [1.82, 2.24) is 0 Å². The van der Waals surface area contributed by atoms with Crippen molar-refractivity contribution in [1.29, 1.82) is 0 Å². The molecule has 1 aliphatic rings. The van der Waals surface area contributed by atoms with Gasteiger partial charge in [-0.25, -0.2) is 4.90 Å². The van der Waals surface area contributed by atoms with Crippen LogP contribution >= 0.6 is 35.0 Å². The van der Waals surface area contributed by atoms with Gasteiger partial charge in [0.15, 0.2) is 5.17 Å². The van der Waals surface area contributed by atoms with E-state index >= 15 is 0 Å². The molecule has 0 aromatic heterocycles. The lowest BCUT2D eigenvalue weighted by Crippen LogP contribution is -2.31. The number of hydrogen-bond acceptors (Lipinski definition) is 5. The first-order chi connectivity index (χ1) is 13.4. The number of amides is 2. The number of hydrogen-bond donors (Lipinski definition) is 1. The molecule has 2 amide bonds. The van der Waals surface area contributed by atoms with E-state index in [1.165, 1.54) is 23.8 Å². The zero-order valence-corrected chi connectivity index (χ0v) is 17.4. The average molecular weight is 438 g/mol. The minimum Gasteiger partial charge on any atom is -0.497 e. The largest absolute Gasteiger partial charge is 0.497 e. The number of nitrogens with zero attached hydrogens (tertiary/aromatic N) is 2. The molecule has 1 heterocycles. The van der Waals surface area contributed by atoms with E-state index in [1.807, 2.05) is 0 Å². The summed E-state index contributed by atoms with van der Waals surface area (Å²) in [4.78, 5) is 30.7. The Morgan fingerprint density at radius 2 is 2.00 bits per heavy atom. The Labute approximate surface area is 176 Å². The Balaban J connectivity index is 1.73. The molecule has 0 radical (unpaired) electrons. The monoisotopic (exact) mass is 437 g/mol. The maximum atomic E-state index is 12.8. The van der Waals surface area contributed by atoms with E-state index in [-0.39, 0.29) is 18.2 Å². The van der Waals surface area contributed by atoms with Gasteiger partial charge in [0.05, 0.1) is 22.8 Å². The number of methoxy groups -OCH3 is 1. The topological polar surface area (TPSA) is 71.0 Å². The van der Waals surface area contributed by atoms with Crippen LogP contribution in [0.3, 0.4) is 0 Å². The number of carbonyl (C=O) groups excluding carboxylic acids is 2. The number of thioether (sulfide) groups is 1. The number of nitrogens with one attached hydrogen (secondary N) is 1. The van der Waals surface area contributed by atoms with Gasteiger partial charge in [-0.3, -0.25) is 14.6 Å². The van der Waals surface area contributed by atoms with Gasteiger partial charge < -0.3 is 10.1 Å². The van der Waals surface area contributed by atoms with E-state index in [0.29, 0.717) is 32.3 Å². The third-order valence-corrected chi connectivity index (χ3v) is 5.94. The summed E-state index contributed by atoms with van der Waals surface area (Å²) in [5.74, 6) is 0.0207. The Morgan fingerprint density at radius 3 is 2.68 bits per heavy atom. The number of aliphatic imine (C=N–C) groups is 1. The zero-order valence-electron chi connectivity index (χ0n) is 15.1. The van der Waals surface area contributed by atoms with E-state index in [0.717, 1.165) is 0 Å². The van der Waals surface area contributed by atoms with Gasteiger partial charge in [-0.2, -0.15) is 0 Å². The van der Waals surface area contributed by atoms with Gasteiger partial charge in [0.2, 0.25) is 11.8 Å². The highest BCUT2D eigenvalue weighted by Gasteiger charge is 2.40. The fraction of sp³-hybridized carbons (Fsp3) is 0.211. The summed E-state index contributed by atoms with van der Waals surface area (Å²) in [6, 6.07) is 11.9. The Bertz CT molecular complexity index is 952. The van der Waals surface area contributed by atoms with Crippen molar-refractivity contribution >= 4 is 63.3 Å². The summed E-state index contributed by atoms with van der Waals surface area (Å²) in [6.45, 7) is 0. The molecule has 0 aliphatic carbocycles. The molecular weight excluding hydrogens is 421 g/mol. The molecule has 0 bridgehead atoms. The molecule has 146 valence electrons. The Kier molecular flexibility index (Phi) is 6.49. The molecule has 2 aromatic rings. The minimum atomic E-state index is -0.576. The molecule has 3 rings (SSSR count). The molecule has 1 atom stereocenters. The second-order valence-corrected chi connectivity index (χ2v) is 7.87. The summed E-state index contributed by atoms with van der Waals surface area (Å²) in [6.07, 6.45) is 0.0861. The minimum absolute atomic E-state index is 0.0861. The number of benzene rings is 2. The van der Waals surface area contributed by atoms with Gasteiger partial charge in [0.1, 0.15) is 11.0 Å². The normalized spacial score (nSPS) is 17.2. The molecule has 9 heteroatoms. The first-order valence-electron chi connectivity index (χ1n) is 8.29. The fourth-order valence-electron chi connectivity index (χ4n) is 2.69. The maximum Gasteiger partial charge on any atom is 0.247 e. The molecular formula is C19H17Cl2N3O3S. The molecule has 1 saturated heterocycles. The third kappa shape index (κ3) is 4.43. The second kappa shape index (κ2) is 8.86. The Hall–Kier alpha value is -2.22. The number of carbonyl (C=O) groups is 2. The molecule has 1 N–H and O–H groups in total. The summed E-state index contributed by atoms with van der Waals surface area (Å²) >= 11 is 13.2. The first-order valence-corrected chi connectivity index (χ1v) is 9.93. The molecule has 28 heavy (non-hydrogen) atoms. The third-order valence-electron chi connectivity index (χ3n) is 4.04. The number of rotatable bonds is 4. The van der Waals surface area contributed by atoms with E-state index in [4.69, 9.17) is 27.9 Å². The summed E-state index contributed by atoms with van der Waals surface area (Å²) in [5.41, 5.74) is 1.17. The molecule has 6 nitrogen and oxygen atoms in total. The molecule has 0 unspecified atom stereocenters. The zero-order chi connectivity index (χ0) is 20.3. The average Bonchev–Trinajstić information content (AvgIpc) is 2.97. The van der Waals surface area contributed by atoms with E-state index in [1.54, 1.807) is 49.5 Å². The van der Waals surface area contributed by atoms with Crippen LogP contribution in [0.25, 0.3) is 0 Å². The van der Waals surface area contributed by atoms with Gasteiger partial charge in [0.25, 0.3) is 0 Å². The van der Waals surface area contributed by atoms with Gasteiger partial charge in [-0.05, 0) is 30.3 Å². The highest BCUT2D eigenvalue weighted by atomic mass is 35.5. The van der Waals surface area contributed by atoms with Crippen LogP contribution in [0.1, 0.15) is 6.42 Å². The highest BCUT2D eigenvalue weighted by molar-refractivity contribution is 8.15. The quantitative estimate of drug-likeness (QED) is 0.434. The van der Waals surface area contributed by atoms with Gasteiger partial charge >= 0.3 is 0 Å². The number of amidine groups is 1. The van der Waals surface area contributed by atoms with Crippen LogP contribution in [-0.2, 0) is 9.59 Å². The van der Waals surface area contributed by atoms with Gasteiger partial charge in [-0.15, -0.1) is 0 Å². The lowest BCUT2D eigenvalue weighted by molar-refractivity contribution is -0.121. The lowest BCUT2D eigenvalue weighted by Gasteiger charge is -2.16. The van der Waals surface area contributed by atoms with Crippen molar-refractivity contribution in [3.05, 3.63) is 52.5 Å². The smallest absolute Gasteiger partial charge is 0.247 e. The number of ether oxygens (including phenoxy) is 1. The van der Waals surface area contributed by atoms with Crippen molar-refractivity contribution in [3.63, 3.8) is 0 Å². The molecule has 1 fully saturated rings. The van der Waals surface area contributed by atoms with Crippen LogP contribution in [-0.4, -0.2) is 36.4 Å². The van der Waals surface area contributed by atoms with Crippen molar-refractivity contribution in [2.45, 2.75) is 11.7 Å². The van der Waals surface area contributed by atoms with Crippen LogP contribution in [0.5, 0.6) is 5.75 Å². The number of anilines is 2. The van der Waals surface area contributed by atoms with Gasteiger partial charge in [0, 0.05) is 25.2 Å². The molecule has 0 saturated carbocycles. The predicted octanol–water partition coefficient (Wildman–Crippen LogP) is 4.47. The van der Waals surface area contributed by atoms with Crippen molar-refractivity contribution in [2.24, 2.45) is 4.99 Å². The second-order valence-electron chi connectivity index (χ2n) is 5.86. The first kappa shape index (κ1) is 20.5. The number of imide groups is 1. The maximum absolute atomic E-state index is 12.8. The fourth-order valence-corrected chi connectivity index (χ4v) is 3.97. The van der Waals surface area contributed by atoms with Crippen molar-refractivity contribution in [3.8, 4) is 5.75 Å². The van der Waals surface area contributed by atoms with Crippen LogP contribution in [0.15, 0.2) is 47.5 Å². The summed E-state index contributed by atoms with van der Waals surface area (Å²) < 4.78 is 5.17. The van der Waals surface area contributed by atoms with E-state index in [2.05, 4.69) is 10.3 Å². The lowest BCUT2D eigenvalue weighted by atomic mass is 10.3. The Morgan fingerprint density at radius 1 is 1.21 bits per heavy atom. The van der Waals surface area contributed by atoms with Crippen LogP contribution in [0, 0.1) is 0 Å². The van der Waals surface area contributed by atoms with Crippen LogP contribution in [0.4, 0.5) is 11.4 Å². The van der Waals surface area contributed by atoms with Crippen LogP contribution in [0.2, 0.25) is 10.0 Å². The number of halogens is 2. The van der Waals surface area contributed by atoms with Crippen molar-refractivity contribution < 1.29 is 14.3 Å². The summed E-state index contributed by atoms with van der Waals surface area (Å²) in [5, 5.41) is 3.87. The molecule has 1 aliphatic heterocycles. The van der Waals surface area contributed by atoms with Crippen molar-refractivity contribution in [2.75, 3.05) is 24.4 Å². The van der Waals surface area contributed by atoms with Crippen LogP contribution < -0.4 is 15.0 Å². The highest BCUT2D eigenvalue weighted by Crippen LogP contribution is 2.32. The molecule has 0 spiro atoms. The standard InChI is InChI=1S/C19H17Cl2N3O3S/c1-22-19(23-11-6-7-14(20)15(21)8-11)28-16-10-17(25)24(18(16)26)12-4-3-5-13(9-12)27-2/h3-9,16H,10H2,1-2H3,(H,22,23)/t16-/m1/s1. The van der Waals surface area contributed by atoms with E-state index in [9.17, 15) is 9.59 Å².